The normalized spacial score (nSPS) is 11.7. The molecule has 1 aromatic rings. The van der Waals surface area contributed by atoms with Crippen molar-refractivity contribution in [2.24, 2.45) is 0 Å². The Hall–Kier alpha value is -1.34. The average molecular weight is 208 g/mol. The summed E-state index contributed by atoms with van der Waals surface area (Å²) in [6.45, 7) is 8.89. The monoisotopic (exact) mass is 208 g/mol. The summed E-state index contributed by atoms with van der Waals surface area (Å²) in [5.74, 6) is -0.185. The van der Waals surface area contributed by atoms with Crippen LogP contribution in [0, 0.1) is 6.57 Å². The molecule has 1 atom stereocenters. The van der Waals surface area contributed by atoms with E-state index in [1.165, 1.54) is 5.56 Å². The van der Waals surface area contributed by atoms with Gasteiger partial charge in [-0.1, -0.05) is 0 Å². The lowest BCUT2D eigenvalue weighted by Crippen LogP contribution is -2.32. The quantitative estimate of drug-likeness (QED) is 0.751. The maximum Gasteiger partial charge on any atom is 0.302 e. The second kappa shape index (κ2) is 5.40. The number of rotatable bonds is 4. The Morgan fingerprint density at radius 1 is 1.79 bits per heavy atom. The van der Waals surface area contributed by atoms with E-state index in [4.69, 9.17) is 6.57 Å². The fraction of sp³-hybridized carbons (Fsp3) is 0.400. The van der Waals surface area contributed by atoms with E-state index in [0.717, 1.165) is 6.42 Å². The van der Waals surface area contributed by atoms with Gasteiger partial charge in [-0.15, -0.1) is 0 Å². The van der Waals surface area contributed by atoms with Gasteiger partial charge in [0.15, 0.2) is 0 Å². The first kappa shape index (κ1) is 10.7. The van der Waals surface area contributed by atoms with Crippen molar-refractivity contribution >= 4 is 17.2 Å². The van der Waals surface area contributed by atoms with Crippen molar-refractivity contribution in [2.45, 2.75) is 19.4 Å². The molecular weight excluding hydrogens is 196 g/mol. The van der Waals surface area contributed by atoms with E-state index in [2.05, 4.69) is 15.5 Å². The van der Waals surface area contributed by atoms with Gasteiger partial charge in [0.1, 0.15) is 0 Å². The minimum absolute atomic E-state index is 0.185. The molecule has 1 rings (SSSR count). The molecule has 1 aromatic heterocycles. The summed E-state index contributed by atoms with van der Waals surface area (Å²) in [6.07, 6.45) is 0.833. The third kappa shape index (κ3) is 3.19. The number of nitrogens with zero attached hydrogens (tertiary/aromatic N) is 1. The highest BCUT2D eigenvalue weighted by molar-refractivity contribution is 7.07. The van der Waals surface area contributed by atoms with Crippen LogP contribution in [-0.2, 0) is 11.2 Å². The topological polar surface area (TPSA) is 33.5 Å². The lowest BCUT2D eigenvalue weighted by molar-refractivity contribution is -0.121. The second-order valence-corrected chi connectivity index (χ2v) is 3.76. The van der Waals surface area contributed by atoms with E-state index < -0.39 is 6.04 Å². The van der Waals surface area contributed by atoms with Crippen LogP contribution < -0.4 is 5.32 Å². The average Bonchev–Trinajstić information content (AvgIpc) is 2.69. The van der Waals surface area contributed by atoms with Gasteiger partial charge in [0, 0.05) is 13.5 Å². The minimum Gasteiger partial charge on any atom is -0.349 e. The summed E-state index contributed by atoms with van der Waals surface area (Å²) in [5, 5.41) is 6.80. The molecule has 3 nitrogen and oxygen atoms in total. The summed E-state index contributed by atoms with van der Waals surface area (Å²) < 4.78 is 0. The van der Waals surface area contributed by atoms with Crippen molar-refractivity contribution in [2.75, 3.05) is 6.54 Å². The predicted molar refractivity (Wildman–Crippen MR) is 57.1 cm³/mol. The van der Waals surface area contributed by atoms with Gasteiger partial charge in [-0.25, -0.2) is 6.57 Å². The SMILES string of the molecule is [C-]#[N+][C@@H](C)C(=O)NCCc1ccsc1. The van der Waals surface area contributed by atoms with Crippen LogP contribution in [0.25, 0.3) is 4.85 Å². The lowest BCUT2D eigenvalue weighted by atomic mass is 10.2. The first-order valence-electron chi connectivity index (χ1n) is 4.39. The molecule has 0 saturated heterocycles. The van der Waals surface area contributed by atoms with Crippen molar-refractivity contribution in [1.82, 2.24) is 5.32 Å². The fourth-order valence-electron chi connectivity index (χ4n) is 0.971. The Balaban J connectivity index is 2.23. The molecule has 0 bridgehead atoms. The molecule has 14 heavy (non-hydrogen) atoms. The molecule has 0 unspecified atom stereocenters. The van der Waals surface area contributed by atoms with Gasteiger partial charge in [-0.3, -0.25) is 4.79 Å². The zero-order valence-corrected chi connectivity index (χ0v) is 8.80. The molecule has 1 amide bonds. The molecule has 0 fully saturated rings. The summed E-state index contributed by atoms with van der Waals surface area (Å²) in [4.78, 5) is 14.3. The minimum atomic E-state index is -0.572. The summed E-state index contributed by atoms with van der Waals surface area (Å²) >= 11 is 1.65. The van der Waals surface area contributed by atoms with Crippen molar-refractivity contribution in [3.05, 3.63) is 33.8 Å². The number of nitrogens with one attached hydrogen (secondary N) is 1. The van der Waals surface area contributed by atoms with Gasteiger partial charge in [-0.05, 0) is 28.8 Å². The lowest BCUT2D eigenvalue weighted by Gasteiger charge is -2.02. The van der Waals surface area contributed by atoms with Crippen LogP contribution in [-0.4, -0.2) is 18.5 Å². The highest BCUT2D eigenvalue weighted by Crippen LogP contribution is 2.05. The first-order chi connectivity index (χ1) is 6.74. The molecule has 0 aliphatic heterocycles. The number of thiophene rings is 1. The second-order valence-electron chi connectivity index (χ2n) is 2.98. The van der Waals surface area contributed by atoms with Crippen molar-refractivity contribution in [1.29, 1.82) is 0 Å². The molecule has 0 radical (unpaired) electrons. The number of hydrogen-bond acceptors (Lipinski definition) is 2. The highest BCUT2D eigenvalue weighted by atomic mass is 32.1. The van der Waals surface area contributed by atoms with E-state index in [1.54, 1.807) is 18.3 Å². The van der Waals surface area contributed by atoms with E-state index in [1.807, 2.05) is 11.4 Å². The summed E-state index contributed by atoms with van der Waals surface area (Å²) in [6, 6.07) is 1.47. The molecule has 74 valence electrons. The maximum atomic E-state index is 11.2. The van der Waals surface area contributed by atoms with Crippen LogP contribution >= 0.6 is 11.3 Å². The first-order valence-corrected chi connectivity index (χ1v) is 5.33. The number of amides is 1. The molecule has 1 heterocycles. The molecule has 0 aromatic carbocycles. The Labute approximate surface area is 87.6 Å². The van der Waals surface area contributed by atoms with E-state index >= 15 is 0 Å². The molecular formula is C10H12N2OS. The molecule has 4 heteroatoms. The van der Waals surface area contributed by atoms with Crippen molar-refractivity contribution in [3.8, 4) is 0 Å². The van der Waals surface area contributed by atoms with Crippen LogP contribution in [0.2, 0.25) is 0 Å². The summed E-state index contributed by atoms with van der Waals surface area (Å²) in [5.41, 5.74) is 1.23. The third-order valence-electron chi connectivity index (χ3n) is 1.87. The van der Waals surface area contributed by atoms with Gasteiger partial charge >= 0.3 is 5.91 Å². The van der Waals surface area contributed by atoms with Gasteiger partial charge in [-0.2, -0.15) is 11.3 Å². The Morgan fingerprint density at radius 2 is 2.57 bits per heavy atom. The van der Waals surface area contributed by atoms with Crippen LogP contribution in [0.1, 0.15) is 12.5 Å². The van der Waals surface area contributed by atoms with Crippen LogP contribution in [0.3, 0.4) is 0 Å². The third-order valence-corrected chi connectivity index (χ3v) is 2.60. The van der Waals surface area contributed by atoms with Crippen LogP contribution in [0.15, 0.2) is 16.8 Å². The molecule has 0 aliphatic rings. The number of carbonyl (C=O) groups is 1. The van der Waals surface area contributed by atoms with Crippen LogP contribution in [0.4, 0.5) is 0 Å². The predicted octanol–water partition coefficient (Wildman–Crippen LogP) is 1.71. The molecule has 1 N–H and O–H groups in total. The van der Waals surface area contributed by atoms with Gasteiger partial charge in [0.05, 0.1) is 0 Å². The zero-order valence-electron chi connectivity index (χ0n) is 7.99. The Bertz CT molecular complexity index is 326. The largest absolute Gasteiger partial charge is 0.349 e. The van der Waals surface area contributed by atoms with Gasteiger partial charge < -0.3 is 10.2 Å². The van der Waals surface area contributed by atoms with Crippen LogP contribution in [0.5, 0.6) is 0 Å². The van der Waals surface area contributed by atoms with E-state index in [9.17, 15) is 4.79 Å². The Kier molecular flexibility index (Phi) is 4.14. The number of hydrogen-bond donors (Lipinski definition) is 1. The standard InChI is InChI=1S/C10H12N2OS/c1-8(11-2)10(13)12-5-3-9-4-6-14-7-9/h4,6-8H,3,5H2,1H3,(H,12,13)/t8-/m0/s1. The maximum absolute atomic E-state index is 11.2. The van der Waals surface area contributed by atoms with E-state index in [-0.39, 0.29) is 5.91 Å². The zero-order chi connectivity index (χ0) is 10.4. The fourth-order valence-corrected chi connectivity index (χ4v) is 1.67. The van der Waals surface area contributed by atoms with Crippen molar-refractivity contribution in [3.63, 3.8) is 0 Å². The van der Waals surface area contributed by atoms with E-state index in [0.29, 0.717) is 6.54 Å². The smallest absolute Gasteiger partial charge is 0.302 e. The highest BCUT2D eigenvalue weighted by Gasteiger charge is 2.14. The van der Waals surface area contributed by atoms with Crippen molar-refractivity contribution < 1.29 is 4.79 Å². The molecule has 0 spiro atoms. The van der Waals surface area contributed by atoms with Gasteiger partial charge in [0.25, 0.3) is 6.04 Å². The Morgan fingerprint density at radius 3 is 3.14 bits per heavy atom. The van der Waals surface area contributed by atoms with Gasteiger partial charge in [0.2, 0.25) is 0 Å². The number of carbonyl (C=O) groups excluding carboxylic acids is 1. The molecule has 0 aliphatic carbocycles. The summed E-state index contributed by atoms with van der Waals surface area (Å²) in [7, 11) is 0. The molecule has 0 saturated carbocycles.